The van der Waals surface area contributed by atoms with E-state index in [4.69, 9.17) is 15.2 Å². The normalized spacial score (nSPS) is 13.6. The van der Waals surface area contributed by atoms with Crippen LogP contribution >= 0.6 is 0 Å². The number of nitrogens with two attached hydrogens (primary N) is 1. The summed E-state index contributed by atoms with van der Waals surface area (Å²) in [5.41, 5.74) is 13.7. The first-order valence-electron chi connectivity index (χ1n) is 11.8. The highest BCUT2D eigenvalue weighted by Gasteiger charge is 2.29. The van der Waals surface area contributed by atoms with Gasteiger partial charge in [-0.25, -0.2) is 4.79 Å². The summed E-state index contributed by atoms with van der Waals surface area (Å²) in [4.78, 5) is 24.0. The zero-order valence-electron chi connectivity index (χ0n) is 20.0. The van der Waals surface area contributed by atoms with Gasteiger partial charge in [0.25, 0.3) is 0 Å². The molecule has 0 saturated carbocycles. The lowest BCUT2D eigenvalue weighted by atomic mass is 9.94. The van der Waals surface area contributed by atoms with Crippen molar-refractivity contribution in [1.82, 2.24) is 0 Å². The van der Waals surface area contributed by atoms with Crippen molar-refractivity contribution in [3.63, 3.8) is 0 Å². The maximum atomic E-state index is 12.0. The fraction of sp³-hybridized carbons (Fsp3) is 0.200. The van der Waals surface area contributed by atoms with Crippen LogP contribution in [0.3, 0.4) is 0 Å². The molecule has 0 heterocycles. The molecule has 0 unspecified atom stereocenters. The molecule has 0 aromatic heterocycles. The standard InChI is InChI=1S/C30H29NO4/c1-3-22-25(17-21-13-8-9-14-23(21)20-11-6-5-7-12-20)24-15-10-16-27(35-19-29(33)34-4-2)30(24)26(22)18-28(31)32/h5-17H,3-4,18-19H2,1-2H3,(H2,31,32)/b25-17-. The Balaban J connectivity index is 1.86. The van der Waals surface area contributed by atoms with E-state index in [2.05, 4.69) is 37.3 Å². The average molecular weight is 468 g/mol. The van der Waals surface area contributed by atoms with Crippen LogP contribution in [0.15, 0.2) is 78.4 Å². The van der Waals surface area contributed by atoms with Crippen LogP contribution in [0.4, 0.5) is 0 Å². The van der Waals surface area contributed by atoms with Crippen LogP contribution in [-0.2, 0) is 14.3 Å². The smallest absolute Gasteiger partial charge is 0.344 e. The van der Waals surface area contributed by atoms with Gasteiger partial charge in [0.05, 0.1) is 13.0 Å². The molecule has 0 fully saturated rings. The maximum Gasteiger partial charge on any atom is 0.344 e. The van der Waals surface area contributed by atoms with Gasteiger partial charge in [0.2, 0.25) is 5.91 Å². The van der Waals surface area contributed by atoms with Crippen LogP contribution < -0.4 is 10.5 Å². The fourth-order valence-corrected chi connectivity index (χ4v) is 4.60. The van der Waals surface area contributed by atoms with Gasteiger partial charge in [0.15, 0.2) is 6.61 Å². The van der Waals surface area contributed by atoms with Gasteiger partial charge < -0.3 is 15.2 Å². The molecule has 35 heavy (non-hydrogen) atoms. The Kier molecular flexibility index (Phi) is 7.46. The molecule has 3 aromatic carbocycles. The largest absolute Gasteiger partial charge is 0.481 e. The van der Waals surface area contributed by atoms with Crippen molar-refractivity contribution >= 4 is 29.1 Å². The number of hydrogen-bond donors (Lipinski definition) is 1. The lowest BCUT2D eigenvalue weighted by molar-refractivity contribution is -0.145. The lowest BCUT2D eigenvalue weighted by Crippen LogP contribution is -2.15. The Labute approximate surface area is 205 Å². The number of carbonyl (C=O) groups excluding carboxylic acids is 2. The molecule has 0 bridgehead atoms. The van der Waals surface area contributed by atoms with Gasteiger partial charge in [-0.15, -0.1) is 0 Å². The summed E-state index contributed by atoms with van der Waals surface area (Å²) in [6.07, 6.45) is 2.98. The van der Waals surface area contributed by atoms with Gasteiger partial charge in [-0.3, -0.25) is 4.79 Å². The number of carbonyl (C=O) groups is 2. The summed E-state index contributed by atoms with van der Waals surface area (Å²) in [6.45, 7) is 3.91. The first-order valence-corrected chi connectivity index (χ1v) is 11.8. The molecule has 1 aliphatic rings. The zero-order chi connectivity index (χ0) is 24.8. The van der Waals surface area contributed by atoms with Crippen LogP contribution in [0.1, 0.15) is 43.4 Å². The highest BCUT2D eigenvalue weighted by Crippen LogP contribution is 2.49. The number of amides is 1. The van der Waals surface area contributed by atoms with Gasteiger partial charge in [-0.2, -0.15) is 0 Å². The van der Waals surface area contributed by atoms with E-state index < -0.39 is 11.9 Å². The third-order valence-corrected chi connectivity index (χ3v) is 6.01. The molecule has 0 radical (unpaired) electrons. The lowest BCUT2D eigenvalue weighted by Gasteiger charge is -2.13. The highest BCUT2D eigenvalue weighted by molar-refractivity contribution is 6.10. The number of fused-ring (bicyclic) bond motifs is 1. The number of primary amides is 1. The molecule has 1 amide bonds. The van der Waals surface area contributed by atoms with Crippen molar-refractivity contribution in [3.8, 4) is 16.9 Å². The summed E-state index contributed by atoms with van der Waals surface area (Å²) >= 11 is 0. The maximum absolute atomic E-state index is 12.0. The molecular formula is C30H29NO4. The molecule has 0 saturated heterocycles. The fourth-order valence-electron chi connectivity index (χ4n) is 4.60. The van der Waals surface area contributed by atoms with E-state index in [1.54, 1.807) is 6.92 Å². The second-order valence-corrected chi connectivity index (χ2v) is 8.24. The molecule has 3 aromatic rings. The van der Waals surface area contributed by atoms with Crippen LogP contribution in [-0.4, -0.2) is 25.1 Å². The Bertz CT molecular complexity index is 1300. The molecule has 5 heteroatoms. The quantitative estimate of drug-likeness (QED) is 0.398. The number of ether oxygens (including phenoxy) is 2. The SMILES string of the molecule is CCOC(=O)COc1cccc2c1C(CC(N)=O)=C(CC)/C2=C/c1ccccc1-c1ccccc1. The van der Waals surface area contributed by atoms with Crippen molar-refractivity contribution in [2.45, 2.75) is 26.7 Å². The van der Waals surface area contributed by atoms with E-state index >= 15 is 0 Å². The third-order valence-electron chi connectivity index (χ3n) is 6.01. The van der Waals surface area contributed by atoms with E-state index in [0.717, 1.165) is 44.5 Å². The Morgan fingerprint density at radius 2 is 1.57 bits per heavy atom. The van der Waals surface area contributed by atoms with Gasteiger partial charge in [0.1, 0.15) is 5.75 Å². The Morgan fingerprint density at radius 1 is 0.857 bits per heavy atom. The summed E-state index contributed by atoms with van der Waals surface area (Å²) < 4.78 is 10.9. The van der Waals surface area contributed by atoms with E-state index in [0.29, 0.717) is 12.2 Å². The van der Waals surface area contributed by atoms with E-state index in [1.807, 2.05) is 48.5 Å². The summed E-state index contributed by atoms with van der Waals surface area (Å²) in [6, 6.07) is 24.2. The minimum Gasteiger partial charge on any atom is -0.481 e. The zero-order valence-corrected chi connectivity index (χ0v) is 20.0. The van der Waals surface area contributed by atoms with E-state index in [1.165, 1.54) is 0 Å². The second kappa shape index (κ2) is 10.9. The van der Waals surface area contributed by atoms with E-state index in [-0.39, 0.29) is 19.6 Å². The molecule has 5 nitrogen and oxygen atoms in total. The van der Waals surface area contributed by atoms with Gasteiger partial charge >= 0.3 is 5.97 Å². The monoisotopic (exact) mass is 467 g/mol. The number of hydrogen-bond acceptors (Lipinski definition) is 4. The van der Waals surface area contributed by atoms with Crippen LogP contribution in [0, 0.1) is 0 Å². The molecule has 1 aliphatic carbocycles. The van der Waals surface area contributed by atoms with E-state index in [9.17, 15) is 9.59 Å². The highest BCUT2D eigenvalue weighted by atomic mass is 16.6. The van der Waals surface area contributed by atoms with Crippen LogP contribution in [0.5, 0.6) is 5.75 Å². The van der Waals surface area contributed by atoms with Crippen molar-refractivity contribution in [2.24, 2.45) is 5.73 Å². The van der Waals surface area contributed by atoms with Gasteiger partial charge in [-0.1, -0.05) is 73.7 Å². The molecule has 178 valence electrons. The molecule has 0 atom stereocenters. The molecule has 2 N–H and O–H groups in total. The average Bonchev–Trinajstić information content (AvgIpc) is 3.16. The third kappa shape index (κ3) is 5.19. The predicted octanol–water partition coefficient (Wildman–Crippen LogP) is 5.89. The van der Waals surface area contributed by atoms with Crippen molar-refractivity contribution < 1.29 is 19.1 Å². The molecule has 0 aliphatic heterocycles. The number of rotatable bonds is 9. The molecule has 0 spiro atoms. The summed E-state index contributed by atoms with van der Waals surface area (Å²) in [7, 11) is 0. The minimum atomic E-state index is -0.438. The summed E-state index contributed by atoms with van der Waals surface area (Å²) in [5, 5.41) is 0. The van der Waals surface area contributed by atoms with Crippen molar-refractivity contribution in [3.05, 3.63) is 95.1 Å². The van der Waals surface area contributed by atoms with Crippen molar-refractivity contribution in [2.75, 3.05) is 13.2 Å². The Morgan fingerprint density at radius 3 is 2.29 bits per heavy atom. The Hall–Kier alpha value is -4.12. The second-order valence-electron chi connectivity index (χ2n) is 8.24. The minimum absolute atomic E-state index is 0.0909. The molecule has 4 rings (SSSR count). The summed E-state index contributed by atoms with van der Waals surface area (Å²) in [5.74, 6) is -0.313. The molecular weight excluding hydrogens is 438 g/mol. The predicted molar refractivity (Wildman–Crippen MR) is 139 cm³/mol. The van der Waals surface area contributed by atoms with Crippen LogP contribution in [0.2, 0.25) is 0 Å². The van der Waals surface area contributed by atoms with Gasteiger partial charge in [-0.05, 0) is 64.5 Å². The topological polar surface area (TPSA) is 78.6 Å². The number of allylic oxidation sites excluding steroid dienone is 2. The van der Waals surface area contributed by atoms with Gasteiger partial charge in [0, 0.05) is 5.56 Å². The first kappa shape index (κ1) is 24.0. The first-order chi connectivity index (χ1) is 17.0. The number of esters is 1. The van der Waals surface area contributed by atoms with Crippen LogP contribution in [0.25, 0.3) is 28.3 Å². The van der Waals surface area contributed by atoms with Crippen molar-refractivity contribution in [1.29, 1.82) is 0 Å². The number of benzene rings is 3.